The molecule has 0 aliphatic carbocycles. The molecule has 0 bridgehead atoms. The van der Waals surface area contributed by atoms with Crippen molar-refractivity contribution in [2.45, 2.75) is 33.6 Å². The summed E-state index contributed by atoms with van der Waals surface area (Å²) < 4.78 is 25.9. The van der Waals surface area contributed by atoms with Crippen LogP contribution in [0.25, 0.3) is 0 Å². The van der Waals surface area contributed by atoms with E-state index in [1.165, 1.54) is 6.07 Å². The number of anilines is 1. The molecular formula is C13H16F2NOTi-. The van der Waals surface area contributed by atoms with Gasteiger partial charge in [0.25, 0.3) is 0 Å². The van der Waals surface area contributed by atoms with Crippen molar-refractivity contribution in [3.63, 3.8) is 0 Å². The zero-order chi connectivity index (χ0) is 13.1. The number of nitrogens with one attached hydrogen (secondary N) is 1. The molecule has 98 valence electrons. The Morgan fingerprint density at radius 2 is 2.00 bits per heavy atom. The number of amides is 1. The monoisotopic (exact) mass is 288 g/mol. The van der Waals surface area contributed by atoms with Crippen LogP contribution in [-0.2, 0) is 26.5 Å². The molecule has 0 radical (unpaired) electrons. The summed E-state index contributed by atoms with van der Waals surface area (Å²) in [5.74, 6) is -1.95. The van der Waals surface area contributed by atoms with Gasteiger partial charge in [0.2, 0.25) is 5.91 Å². The minimum absolute atomic E-state index is 0. The third-order valence-corrected chi connectivity index (χ3v) is 2.60. The Labute approximate surface area is 121 Å². The van der Waals surface area contributed by atoms with Gasteiger partial charge in [-0.25, -0.2) is 8.78 Å². The number of hydrogen-bond acceptors (Lipinski definition) is 1. The molecule has 0 saturated carbocycles. The molecule has 0 fully saturated rings. The Bertz CT molecular complexity index is 421. The van der Waals surface area contributed by atoms with Gasteiger partial charge in [0.15, 0.2) is 0 Å². The van der Waals surface area contributed by atoms with Crippen LogP contribution < -0.4 is 5.32 Å². The van der Waals surface area contributed by atoms with Gasteiger partial charge in [-0.2, -0.15) is 0 Å². The smallest absolute Gasteiger partial charge is 0.219 e. The molecule has 1 rings (SSSR count). The van der Waals surface area contributed by atoms with Crippen molar-refractivity contribution in [3.8, 4) is 0 Å². The van der Waals surface area contributed by atoms with Crippen molar-refractivity contribution in [1.29, 1.82) is 0 Å². The Balaban J connectivity index is 0.00000289. The van der Waals surface area contributed by atoms with Crippen molar-refractivity contribution in [1.82, 2.24) is 0 Å². The summed E-state index contributed by atoms with van der Waals surface area (Å²) in [4.78, 5) is 11.9. The van der Waals surface area contributed by atoms with Crippen LogP contribution >= 0.6 is 0 Å². The molecule has 0 unspecified atom stereocenters. The van der Waals surface area contributed by atoms with Gasteiger partial charge in [0.1, 0.15) is 0 Å². The third kappa shape index (κ3) is 4.50. The van der Waals surface area contributed by atoms with Crippen molar-refractivity contribution in [3.05, 3.63) is 29.8 Å². The van der Waals surface area contributed by atoms with E-state index in [-0.39, 0.29) is 33.3 Å². The average Bonchev–Trinajstić information content (AvgIpc) is 2.22. The predicted octanol–water partition coefficient (Wildman–Crippen LogP) is 3.53. The van der Waals surface area contributed by atoms with Crippen LogP contribution in [0, 0.1) is 23.1 Å². The Morgan fingerprint density at radius 3 is 2.50 bits per heavy atom. The molecule has 0 aliphatic heterocycles. The van der Waals surface area contributed by atoms with E-state index in [0.29, 0.717) is 6.42 Å². The summed E-state index contributed by atoms with van der Waals surface area (Å²) in [6.07, 6.45) is 1.56. The summed E-state index contributed by atoms with van der Waals surface area (Å²) >= 11 is 0. The fraction of sp³-hybridized carbons (Fsp3) is 0.462. The van der Waals surface area contributed by atoms with Crippen molar-refractivity contribution in [2.75, 3.05) is 5.32 Å². The predicted molar refractivity (Wildman–Crippen MR) is 62.5 cm³/mol. The van der Waals surface area contributed by atoms with Crippen LogP contribution in [-0.4, -0.2) is 5.91 Å². The minimum Gasteiger partial charge on any atom is -0.376 e. The topological polar surface area (TPSA) is 29.1 Å². The van der Waals surface area contributed by atoms with Crippen LogP contribution in [0.5, 0.6) is 0 Å². The first-order chi connectivity index (χ1) is 7.86. The molecule has 0 saturated heterocycles. The van der Waals surface area contributed by atoms with Crippen molar-refractivity contribution >= 4 is 11.6 Å². The largest absolute Gasteiger partial charge is 0.376 e. The van der Waals surface area contributed by atoms with E-state index >= 15 is 0 Å². The summed E-state index contributed by atoms with van der Waals surface area (Å²) in [6.45, 7) is 5.55. The number of benzene rings is 1. The normalized spacial score (nSPS) is 10.7. The standard InChI is InChI=1S/C13H16F2NO.Ti/c1-4-7-13(2,3)12(17)16-11-6-5-9(14)8-10(11)15;/h5-6H,4,7H2,1-3H3,(H,16,17);/q-1;. The van der Waals surface area contributed by atoms with Gasteiger partial charge in [0.05, 0.1) is 0 Å². The number of halogens is 2. The average molecular weight is 288 g/mol. The molecule has 5 heteroatoms. The van der Waals surface area contributed by atoms with E-state index in [4.69, 9.17) is 0 Å². The van der Waals surface area contributed by atoms with Gasteiger partial charge < -0.3 is 5.32 Å². The van der Waals surface area contributed by atoms with Gasteiger partial charge in [-0.3, -0.25) is 4.79 Å². The first kappa shape index (κ1) is 17.3. The zero-order valence-corrected chi connectivity index (χ0v) is 12.3. The zero-order valence-electron chi connectivity index (χ0n) is 10.7. The van der Waals surface area contributed by atoms with E-state index in [1.54, 1.807) is 13.8 Å². The first-order valence-corrected chi connectivity index (χ1v) is 5.55. The Hall–Kier alpha value is -0.736. The van der Waals surface area contributed by atoms with Gasteiger partial charge in [-0.15, -0.1) is 18.2 Å². The van der Waals surface area contributed by atoms with Gasteiger partial charge in [-0.05, 0) is 12.1 Å². The molecule has 2 nitrogen and oxygen atoms in total. The molecule has 18 heavy (non-hydrogen) atoms. The summed E-state index contributed by atoms with van der Waals surface area (Å²) in [6, 6.07) is 4.14. The minimum atomic E-state index is -0.884. The number of hydrogen-bond donors (Lipinski definition) is 1. The Morgan fingerprint density at radius 1 is 1.39 bits per heavy atom. The molecule has 0 aromatic heterocycles. The molecular weight excluding hydrogens is 272 g/mol. The molecule has 0 atom stereocenters. The van der Waals surface area contributed by atoms with E-state index in [9.17, 15) is 13.6 Å². The van der Waals surface area contributed by atoms with Crippen molar-refractivity contribution in [2.24, 2.45) is 5.41 Å². The van der Waals surface area contributed by atoms with Gasteiger partial charge in [0, 0.05) is 38.8 Å². The fourth-order valence-corrected chi connectivity index (χ4v) is 1.57. The van der Waals surface area contributed by atoms with Crippen LogP contribution in [0.15, 0.2) is 12.1 Å². The van der Waals surface area contributed by atoms with Crippen LogP contribution in [0.3, 0.4) is 0 Å². The maximum absolute atomic E-state index is 13.3. The van der Waals surface area contributed by atoms with E-state index in [2.05, 4.69) is 5.32 Å². The second-order valence-corrected chi connectivity index (χ2v) is 4.62. The van der Waals surface area contributed by atoms with E-state index in [0.717, 1.165) is 12.5 Å². The van der Waals surface area contributed by atoms with E-state index in [1.807, 2.05) is 13.0 Å². The Kier molecular flexibility index (Phi) is 6.72. The summed E-state index contributed by atoms with van der Waals surface area (Å²) in [5, 5.41) is 2.45. The van der Waals surface area contributed by atoms with Crippen molar-refractivity contribution < 1.29 is 35.3 Å². The van der Waals surface area contributed by atoms with Gasteiger partial charge >= 0.3 is 0 Å². The molecule has 0 spiro atoms. The third-order valence-electron chi connectivity index (χ3n) is 2.60. The first-order valence-electron chi connectivity index (χ1n) is 5.55. The van der Waals surface area contributed by atoms with Gasteiger partial charge in [-0.1, -0.05) is 27.2 Å². The maximum atomic E-state index is 13.3. The molecule has 1 amide bonds. The second kappa shape index (κ2) is 7.00. The molecule has 0 aliphatic rings. The number of carbonyl (C=O) groups excluding carboxylic acids is 1. The summed E-state index contributed by atoms with van der Waals surface area (Å²) in [7, 11) is 0. The maximum Gasteiger partial charge on any atom is 0.219 e. The quantitative estimate of drug-likeness (QED) is 0.666. The SMILES string of the molecule is CCCC(C)(C)C(=O)Nc1ccc(F)[c-]c1F.[Ti]. The van der Waals surface area contributed by atoms with E-state index < -0.39 is 17.0 Å². The van der Waals surface area contributed by atoms with Crippen LogP contribution in [0.1, 0.15) is 33.6 Å². The molecule has 1 N–H and O–H groups in total. The summed E-state index contributed by atoms with van der Waals surface area (Å²) in [5.41, 5.74) is -0.615. The second-order valence-electron chi connectivity index (χ2n) is 4.62. The number of carbonyl (C=O) groups is 1. The number of rotatable bonds is 4. The molecule has 0 heterocycles. The molecule has 1 aromatic rings. The van der Waals surface area contributed by atoms with Crippen LogP contribution in [0.4, 0.5) is 14.5 Å². The molecule has 1 aromatic carbocycles. The fourth-order valence-electron chi connectivity index (χ4n) is 1.57. The van der Waals surface area contributed by atoms with Crippen LogP contribution in [0.2, 0.25) is 0 Å².